The Morgan fingerprint density at radius 3 is 2.81 bits per heavy atom. The van der Waals surface area contributed by atoms with Gasteiger partial charge in [-0.3, -0.25) is 4.79 Å². The van der Waals surface area contributed by atoms with Gasteiger partial charge in [0.25, 0.3) is 0 Å². The van der Waals surface area contributed by atoms with Crippen molar-refractivity contribution in [1.29, 1.82) is 0 Å². The summed E-state index contributed by atoms with van der Waals surface area (Å²) in [6.07, 6.45) is 4.89. The Hall–Kier alpha value is -3.79. The van der Waals surface area contributed by atoms with Crippen molar-refractivity contribution in [3.8, 4) is 11.3 Å². The summed E-state index contributed by atoms with van der Waals surface area (Å²) in [5, 5.41) is 11.2. The van der Waals surface area contributed by atoms with Gasteiger partial charge >= 0.3 is 11.8 Å². The van der Waals surface area contributed by atoms with Crippen LogP contribution in [0.1, 0.15) is 54.8 Å². The Balaban J connectivity index is 1.32. The summed E-state index contributed by atoms with van der Waals surface area (Å²) in [6.45, 7) is 10.1. The molecule has 10 nitrogen and oxygen atoms in total. The molecule has 1 fully saturated rings. The van der Waals surface area contributed by atoms with E-state index in [0.29, 0.717) is 12.4 Å². The molecule has 1 aliphatic rings. The predicted octanol–water partition coefficient (Wildman–Crippen LogP) is 3.54. The van der Waals surface area contributed by atoms with Crippen molar-refractivity contribution in [1.82, 2.24) is 30.1 Å². The van der Waals surface area contributed by atoms with Gasteiger partial charge in [0.15, 0.2) is 5.82 Å². The highest BCUT2D eigenvalue weighted by molar-refractivity contribution is 5.89. The number of ether oxygens (including phenoxy) is 1. The number of benzene rings is 1. The molecule has 0 aliphatic carbocycles. The van der Waals surface area contributed by atoms with Gasteiger partial charge in [-0.25, -0.2) is 9.50 Å². The van der Waals surface area contributed by atoms with Gasteiger partial charge in [0.2, 0.25) is 0 Å². The molecule has 188 valence electrons. The Kier molecular flexibility index (Phi) is 6.21. The highest BCUT2D eigenvalue weighted by Gasteiger charge is 2.25. The van der Waals surface area contributed by atoms with Crippen LogP contribution in [-0.4, -0.2) is 56.9 Å². The highest BCUT2D eigenvalue weighted by Crippen LogP contribution is 2.30. The normalized spacial score (nSPS) is 16.1. The predicted molar refractivity (Wildman–Crippen MR) is 135 cm³/mol. The van der Waals surface area contributed by atoms with E-state index in [1.165, 1.54) is 0 Å². The fourth-order valence-electron chi connectivity index (χ4n) is 4.38. The van der Waals surface area contributed by atoms with Crippen LogP contribution in [0.3, 0.4) is 0 Å². The Morgan fingerprint density at radius 2 is 2.11 bits per heavy atom. The summed E-state index contributed by atoms with van der Waals surface area (Å²) < 4.78 is 12.5. The van der Waals surface area contributed by atoms with Crippen molar-refractivity contribution in [2.24, 2.45) is 0 Å². The molecule has 0 bridgehead atoms. The zero-order valence-electron chi connectivity index (χ0n) is 21.3. The molecular formula is C26H31N7O3. The van der Waals surface area contributed by atoms with Crippen molar-refractivity contribution in [3.63, 3.8) is 0 Å². The first-order valence-electron chi connectivity index (χ1n) is 12.1. The molecule has 1 saturated heterocycles. The first-order valence-corrected chi connectivity index (χ1v) is 12.1. The number of anilines is 1. The number of fused-ring (bicyclic) bond motifs is 1. The van der Waals surface area contributed by atoms with Gasteiger partial charge in [-0.1, -0.05) is 38.1 Å². The number of rotatable bonds is 6. The molecule has 1 aromatic carbocycles. The maximum absolute atomic E-state index is 12.5. The first kappa shape index (κ1) is 23.9. The van der Waals surface area contributed by atoms with E-state index in [1.54, 1.807) is 13.4 Å². The van der Waals surface area contributed by atoms with Crippen molar-refractivity contribution >= 4 is 17.1 Å². The number of nitrogens with one attached hydrogen (secondary N) is 1. The summed E-state index contributed by atoms with van der Waals surface area (Å²) in [5.74, 6) is 0.0786. The second-order valence-electron chi connectivity index (χ2n) is 10.2. The van der Waals surface area contributed by atoms with E-state index in [1.807, 2.05) is 50.5 Å². The number of aryl methyl sites for hydroxylation is 1. The van der Waals surface area contributed by atoms with E-state index in [9.17, 15) is 4.79 Å². The largest absolute Gasteiger partial charge is 0.380 e. The number of methoxy groups -OCH3 is 1. The van der Waals surface area contributed by atoms with Crippen LogP contribution >= 0.6 is 0 Å². The van der Waals surface area contributed by atoms with Crippen LogP contribution in [0.5, 0.6) is 0 Å². The van der Waals surface area contributed by atoms with Gasteiger partial charge in [0.1, 0.15) is 6.33 Å². The molecule has 3 aromatic heterocycles. The van der Waals surface area contributed by atoms with Gasteiger partial charge < -0.3 is 19.5 Å². The minimum absolute atomic E-state index is 0.0311. The second kappa shape index (κ2) is 9.34. The molecule has 1 atom stereocenters. The minimum atomic E-state index is -0.391. The van der Waals surface area contributed by atoms with Crippen LogP contribution in [0.25, 0.3) is 16.8 Å². The van der Waals surface area contributed by atoms with Crippen LogP contribution in [0.15, 0.2) is 41.3 Å². The van der Waals surface area contributed by atoms with Crippen molar-refractivity contribution < 1.29 is 14.1 Å². The van der Waals surface area contributed by atoms with Gasteiger partial charge in [0.05, 0.1) is 29.2 Å². The maximum Gasteiger partial charge on any atom is 0.315 e. The number of hydrogen-bond donors (Lipinski definition) is 1. The van der Waals surface area contributed by atoms with E-state index in [4.69, 9.17) is 9.26 Å². The first-order chi connectivity index (χ1) is 17.2. The van der Waals surface area contributed by atoms with E-state index < -0.39 is 5.91 Å². The lowest BCUT2D eigenvalue weighted by Gasteiger charge is -2.15. The molecular weight excluding hydrogens is 458 g/mol. The molecule has 4 heterocycles. The monoisotopic (exact) mass is 489 g/mol. The minimum Gasteiger partial charge on any atom is -0.380 e. The maximum atomic E-state index is 12.5. The van der Waals surface area contributed by atoms with Gasteiger partial charge in [0, 0.05) is 37.7 Å². The summed E-state index contributed by atoms with van der Waals surface area (Å²) in [7, 11) is 1.76. The summed E-state index contributed by atoms with van der Waals surface area (Å²) in [5.41, 5.74) is 5.65. The lowest BCUT2D eigenvalue weighted by Crippen LogP contribution is -2.24. The van der Waals surface area contributed by atoms with Crippen molar-refractivity contribution in [2.75, 3.05) is 25.1 Å². The molecule has 1 amide bonds. The third-order valence-electron chi connectivity index (χ3n) is 6.58. The quantitative estimate of drug-likeness (QED) is 0.438. The number of nitrogens with zero attached hydrogens (tertiary/aromatic N) is 6. The van der Waals surface area contributed by atoms with Crippen LogP contribution in [0.2, 0.25) is 0 Å². The Morgan fingerprint density at radius 1 is 1.28 bits per heavy atom. The average molecular weight is 490 g/mol. The standard InChI is InChI=1S/C26H31N7O3/c1-16-10-17(6-7-18(16)12-27-23(34)24-30-25(31-36-24)26(2,3)4)22-21-11-19(13-33(21)29-15-28-22)32-9-8-20(14-32)35-5/h6-7,10-11,13,15,20H,8-9,12,14H2,1-5H3,(H,27,34)/t20-/m0/s1. The van der Waals surface area contributed by atoms with Gasteiger partial charge in [-0.05, 0) is 36.6 Å². The molecule has 10 heteroatoms. The number of amides is 1. The number of hydrogen-bond acceptors (Lipinski definition) is 8. The van der Waals surface area contributed by atoms with E-state index in [2.05, 4.69) is 42.6 Å². The lowest BCUT2D eigenvalue weighted by molar-refractivity contribution is 0.0907. The molecule has 5 rings (SSSR count). The van der Waals surface area contributed by atoms with E-state index in [0.717, 1.165) is 53.1 Å². The molecule has 0 spiro atoms. The molecule has 36 heavy (non-hydrogen) atoms. The fourth-order valence-corrected chi connectivity index (χ4v) is 4.38. The van der Waals surface area contributed by atoms with Gasteiger partial charge in [-0.15, -0.1) is 0 Å². The SMILES string of the molecule is CO[C@H]1CCN(c2cc3c(-c4ccc(CNC(=O)c5nc(C(C)(C)C)no5)c(C)c4)ncnn3c2)C1. The third kappa shape index (κ3) is 4.68. The van der Waals surface area contributed by atoms with Crippen LogP contribution < -0.4 is 10.2 Å². The topological polar surface area (TPSA) is 111 Å². The molecule has 1 aliphatic heterocycles. The molecule has 0 radical (unpaired) electrons. The average Bonchev–Trinajstić information content (AvgIpc) is 3.61. The second-order valence-corrected chi connectivity index (χ2v) is 10.2. The number of carbonyl (C=O) groups is 1. The Bertz CT molecular complexity index is 1400. The van der Waals surface area contributed by atoms with Crippen LogP contribution in [0, 0.1) is 6.92 Å². The van der Waals surface area contributed by atoms with E-state index in [-0.39, 0.29) is 17.4 Å². The Labute approximate surface area is 209 Å². The zero-order valence-corrected chi connectivity index (χ0v) is 21.3. The number of carbonyl (C=O) groups excluding carboxylic acids is 1. The molecule has 0 saturated carbocycles. The third-order valence-corrected chi connectivity index (χ3v) is 6.58. The van der Waals surface area contributed by atoms with E-state index >= 15 is 0 Å². The van der Waals surface area contributed by atoms with Crippen molar-refractivity contribution in [3.05, 3.63) is 59.6 Å². The summed E-state index contributed by atoms with van der Waals surface area (Å²) >= 11 is 0. The molecule has 1 N–H and O–H groups in total. The molecule has 4 aromatic rings. The lowest BCUT2D eigenvalue weighted by atomic mass is 9.96. The smallest absolute Gasteiger partial charge is 0.315 e. The summed E-state index contributed by atoms with van der Waals surface area (Å²) in [4.78, 5) is 23.6. The van der Waals surface area contributed by atoms with Crippen molar-refractivity contribution in [2.45, 2.75) is 52.2 Å². The summed E-state index contributed by atoms with van der Waals surface area (Å²) in [6, 6.07) is 8.24. The molecule has 0 unspecified atom stereocenters. The van der Waals surface area contributed by atoms with Crippen LogP contribution in [0.4, 0.5) is 5.69 Å². The van der Waals surface area contributed by atoms with Crippen LogP contribution in [-0.2, 0) is 16.7 Å². The zero-order chi connectivity index (χ0) is 25.4. The fraction of sp³-hybridized carbons (Fsp3) is 0.423. The van der Waals surface area contributed by atoms with Gasteiger partial charge in [-0.2, -0.15) is 10.1 Å². The highest BCUT2D eigenvalue weighted by atomic mass is 16.5. The number of aromatic nitrogens is 5.